The van der Waals surface area contributed by atoms with Gasteiger partial charge in [0, 0.05) is 39.1 Å². The van der Waals surface area contributed by atoms with Gasteiger partial charge in [0.2, 0.25) is 11.8 Å². The van der Waals surface area contributed by atoms with E-state index in [1.54, 1.807) is 18.2 Å². The summed E-state index contributed by atoms with van der Waals surface area (Å²) in [6.07, 6.45) is 8.32. The first-order chi connectivity index (χ1) is 15.9. The summed E-state index contributed by atoms with van der Waals surface area (Å²) < 4.78 is 0. The van der Waals surface area contributed by atoms with Crippen molar-refractivity contribution in [2.45, 2.75) is 51.5 Å². The van der Waals surface area contributed by atoms with Gasteiger partial charge in [-0.05, 0) is 79.4 Å². The molecule has 178 valence electrons. The Labute approximate surface area is 195 Å². The van der Waals surface area contributed by atoms with Crippen molar-refractivity contribution in [3.8, 4) is 0 Å². The predicted molar refractivity (Wildman–Crippen MR) is 123 cm³/mol. The maximum atomic E-state index is 12.7. The third-order valence-corrected chi connectivity index (χ3v) is 8.44. The Balaban J connectivity index is 1.05. The lowest BCUT2D eigenvalue weighted by Gasteiger charge is -2.56. The summed E-state index contributed by atoms with van der Waals surface area (Å²) in [4.78, 5) is 40.6. The molecule has 5 fully saturated rings. The van der Waals surface area contributed by atoms with Crippen molar-refractivity contribution in [2.24, 2.45) is 23.2 Å². The van der Waals surface area contributed by atoms with Gasteiger partial charge in [0.1, 0.15) is 0 Å². The third kappa shape index (κ3) is 5.08. The largest absolute Gasteiger partial charge is 0.478 e. The maximum Gasteiger partial charge on any atom is 0.335 e. The van der Waals surface area contributed by atoms with E-state index in [2.05, 4.69) is 10.2 Å². The lowest BCUT2D eigenvalue weighted by molar-refractivity contribution is -0.136. The molecular formula is C26H35N3O4. The van der Waals surface area contributed by atoms with Crippen LogP contribution in [0.2, 0.25) is 0 Å². The number of nitrogens with one attached hydrogen (secondary N) is 1. The highest BCUT2D eigenvalue weighted by atomic mass is 16.4. The van der Waals surface area contributed by atoms with Crippen LogP contribution in [0.1, 0.15) is 60.9 Å². The normalized spacial score (nSPS) is 30.9. The van der Waals surface area contributed by atoms with Gasteiger partial charge in [-0.1, -0.05) is 12.1 Å². The summed E-state index contributed by atoms with van der Waals surface area (Å²) in [5.74, 6) is 1.59. The molecule has 0 radical (unpaired) electrons. The number of amides is 2. The fraction of sp³-hybridized carbons (Fsp3) is 0.654. The molecule has 2 amide bonds. The second-order valence-electron chi connectivity index (χ2n) is 11.0. The van der Waals surface area contributed by atoms with Crippen LogP contribution in [-0.2, 0) is 16.1 Å². The van der Waals surface area contributed by atoms with Crippen LogP contribution in [0.15, 0.2) is 24.3 Å². The van der Waals surface area contributed by atoms with Crippen LogP contribution < -0.4 is 5.32 Å². The minimum atomic E-state index is -0.919. The van der Waals surface area contributed by atoms with E-state index in [-0.39, 0.29) is 23.8 Å². The minimum Gasteiger partial charge on any atom is -0.478 e. The van der Waals surface area contributed by atoms with Crippen LogP contribution >= 0.6 is 0 Å². The van der Waals surface area contributed by atoms with Crippen LogP contribution in [0.5, 0.6) is 0 Å². The number of rotatable bonds is 7. The average Bonchev–Trinajstić information content (AvgIpc) is 2.77. The lowest BCUT2D eigenvalue weighted by atomic mass is 9.49. The van der Waals surface area contributed by atoms with Gasteiger partial charge < -0.3 is 15.3 Å². The number of hydrogen-bond donors (Lipinski definition) is 2. The molecule has 1 saturated heterocycles. The van der Waals surface area contributed by atoms with Crippen molar-refractivity contribution in [3.63, 3.8) is 0 Å². The van der Waals surface area contributed by atoms with Gasteiger partial charge in [-0.2, -0.15) is 0 Å². The molecule has 7 heteroatoms. The molecule has 33 heavy (non-hydrogen) atoms. The smallest absolute Gasteiger partial charge is 0.335 e. The molecule has 6 rings (SSSR count). The van der Waals surface area contributed by atoms with E-state index in [0.717, 1.165) is 36.4 Å². The first-order valence-electron chi connectivity index (χ1n) is 12.5. The second kappa shape index (κ2) is 9.09. The highest BCUT2D eigenvalue weighted by molar-refractivity contribution is 5.87. The van der Waals surface area contributed by atoms with Gasteiger partial charge >= 0.3 is 5.97 Å². The number of benzene rings is 1. The van der Waals surface area contributed by atoms with Crippen molar-refractivity contribution in [3.05, 3.63) is 35.4 Å². The molecule has 4 saturated carbocycles. The Morgan fingerprint density at radius 1 is 0.970 bits per heavy atom. The topological polar surface area (TPSA) is 90.0 Å². The van der Waals surface area contributed by atoms with E-state index in [1.807, 2.05) is 11.0 Å². The quantitative estimate of drug-likeness (QED) is 0.663. The molecule has 0 unspecified atom stereocenters. The monoisotopic (exact) mass is 453 g/mol. The van der Waals surface area contributed by atoms with Gasteiger partial charge in [0.05, 0.1) is 12.1 Å². The summed E-state index contributed by atoms with van der Waals surface area (Å²) in [6, 6.07) is 7.01. The zero-order chi connectivity index (χ0) is 23.0. The SMILES string of the molecule is O=C(CC12CC3CC(CC(C3)C1)C2)NCC(=O)N1CCN(Cc2cccc(C(=O)O)c2)CC1. The fourth-order valence-electron chi connectivity index (χ4n) is 7.41. The molecule has 5 aliphatic rings. The Bertz CT molecular complexity index is 887. The van der Waals surface area contributed by atoms with Gasteiger partial charge in [0.25, 0.3) is 0 Å². The highest BCUT2D eigenvalue weighted by Crippen LogP contribution is 2.61. The first-order valence-corrected chi connectivity index (χ1v) is 12.5. The van der Waals surface area contributed by atoms with Crippen LogP contribution in [0.3, 0.4) is 0 Å². The summed E-state index contributed by atoms with van der Waals surface area (Å²) in [5.41, 5.74) is 1.46. The number of carbonyl (C=O) groups excluding carboxylic acids is 2. The number of carbonyl (C=O) groups is 3. The zero-order valence-electron chi connectivity index (χ0n) is 19.3. The number of piperazine rings is 1. The summed E-state index contributed by atoms with van der Waals surface area (Å²) in [5, 5.41) is 12.1. The average molecular weight is 454 g/mol. The summed E-state index contributed by atoms with van der Waals surface area (Å²) in [6.45, 7) is 3.50. The first kappa shape index (κ1) is 22.4. The van der Waals surface area contributed by atoms with Crippen LogP contribution in [-0.4, -0.2) is 65.4 Å². The molecular weight excluding hydrogens is 418 g/mol. The standard InChI is InChI=1S/C26H35N3O4/c30-23(15-26-12-19-8-20(13-26)10-21(9-19)14-26)27-16-24(31)29-6-4-28(5-7-29)17-18-2-1-3-22(11-18)25(32)33/h1-3,11,19-21H,4-10,12-17H2,(H,27,30)(H,32,33). The molecule has 7 nitrogen and oxygen atoms in total. The molecule has 4 aliphatic carbocycles. The van der Waals surface area contributed by atoms with Gasteiger partial charge in [-0.3, -0.25) is 14.5 Å². The molecule has 1 aromatic carbocycles. The number of carboxylic acids is 1. The van der Waals surface area contributed by atoms with E-state index in [1.165, 1.54) is 38.5 Å². The van der Waals surface area contributed by atoms with E-state index >= 15 is 0 Å². The molecule has 1 aromatic rings. The number of carboxylic acid groups (broad SMARTS) is 1. The van der Waals surface area contributed by atoms with Crippen molar-refractivity contribution < 1.29 is 19.5 Å². The predicted octanol–water partition coefficient (Wildman–Crippen LogP) is 2.75. The second-order valence-corrected chi connectivity index (χ2v) is 11.0. The number of nitrogens with zero attached hydrogens (tertiary/aromatic N) is 2. The lowest BCUT2D eigenvalue weighted by Crippen LogP contribution is -2.51. The number of aromatic carboxylic acids is 1. The molecule has 2 N–H and O–H groups in total. The maximum absolute atomic E-state index is 12.7. The third-order valence-electron chi connectivity index (χ3n) is 8.44. The van der Waals surface area contributed by atoms with E-state index in [4.69, 9.17) is 5.11 Å². The molecule has 4 bridgehead atoms. The highest BCUT2D eigenvalue weighted by Gasteiger charge is 2.51. The summed E-state index contributed by atoms with van der Waals surface area (Å²) >= 11 is 0. The Morgan fingerprint density at radius 2 is 1.61 bits per heavy atom. The summed E-state index contributed by atoms with van der Waals surface area (Å²) in [7, 11) is 0. The van der Waals surface area contributed by atoms with Crippen molar-refractivity contribution in [1.29, 1.82) is 0 Å². The van der Waals surface area contributed by atoms with E-state index in [0.29, 0.717) is 31.6 Å². The van der Waals surface area contributed by atoms with Gasteiger partial charge in [-0.25, -0.2) is 4.79 Å². The Hall–Kier alpha value is -2.41. The van der Waals surface area contributed by atoms with Crippen LogP contribution in [0.4, 0.5) is 0 Å². The molecule has 1 aliphatic heterocycles. The molecule has 0 aromatic heterocycles. The van der Waals surface area contributed by atoms with Crippen molar-refractivity contribution in [2.75, 3.05) is 32.7 Å². The Morgan fingerprint density at radius 3 is 2.21 bits per heavy atom. The molecule has 0 atom stereocenters. The van der Waals surface area contributed by atoms with Crippen LogP contribution in [0, 0.1) is 23.2 Å². The molecule has 1 heterocycles. The minimum absolute atomic E-state index is 0.0126. The van der Waals surface area contributed by atoms with E-state index < -0.39 is 5.97 Å². The zero-order valence-corrected chi connectivity index (χ0v) is 19.3. The van der Waals surface area contributed by atoms with Crippen LogP contribution in [0.25, 0.3) is 0 Å². The Kier molecular flexibility index (Phi) is 6.16. The van der Waals surface area contributed by atoms with Crippen molar-refractivity contribution in [1.82, 2.24) is 15.1 Å². The molecule has 0 spiro atoms. The number of hydrogen-bond acceptors (Lipinski definition) is 4. The van der Waals surface area contributed by atoms with Gasteiger partial charge in [-0.15, -0.1) is 0 Å². The van der Waals surface area contributed by atoms with E-state index in [9.17, 15) is 14.4 Å². The van der Waals surface area contributed by atoms with Gasteiger partial charge in [0.15, 0.2) is 0 Å². The fourth-order valence-corrected chi connectivity index (χ4v) is 7.41. The van der Waals surface area contributed by atoms with Crippen molar-refractivity contribution >= 4 is 17.8 Å².